The van der Waals surface area contributed by atoms with Gasteiger partial charge in [-0.2, -0.15) is 4.98 Å². The van der Waals surface area contributed by atoms with Gasteiger partial charge in [-0.05, 0) is 6.92 Å². The fraction of sp³-hybridized carbons (Fsp3) is 0.500. The average Bonchev–Trinajstić information content (AvgIpc) is 2.09. The molecule has 1 aliphatic rings. The van der Waals surface area contributed by atoms with Gasteiger partial charge < -0.3 is 10.5 Å². The zero-order valence-electron chi connectivity index (χ0n) is 8.54. The predicted molar refractivity (Wildman–Crippen MR) is 58.3 cm³/mol. The second-order valence-electron chi connectivity index (χ2n) is 3.36. The molecule has 8 heteroatoms. The van der Waals surface area contributed by atoms with E-state index in [0.29, 0.717) is 23.9 Å². The van der Waals surface area contributed by atoms with E-state index in [2.05, 4.69) is 9.97 Å². The summed E-state index contributed by atoms with van der Waals surface area (Å²) in [4.78, 5) is 18.1. The number of rotatable bonds is 3. The molecule has 0 amide bonds. The van der Waals surface area contributed by atoms with Crippen LogP contribution in [0.25, 0.3) is 0 Å². The van der Waals surface area contributed by atoms with E-state index in [1.54, 1.807) is 6.92 Å². The highest BCUT2D eigenvalue weighted by atomic mass is 32.2. The van der Waals surface area contributed by atoms with E-state index in [9.17, 15) is 10.1 Å². The minimum atomic E-state index is -0.476. The maximum atomic E-state index is 10.9. The zero-order chi connectivity index (χ0) is 11.7. The number of aromatic nitrogens is 2. The van der Waals surface area contributed by atoms with Crippen molar-refractivity contribution >= 4 is 23.4 Å². The maximum Gasteiger partial charge on any atom is 0.322 e. The molecule has 1 aromatic heterocycles. The van der Waals surface area contributed by atoms with Crippen molar-refractivity contribution in [2.24, 2.45) is 0 Å². The number of nitro groups is 1. The lowest BCUT2D eigenvalue weighted by atomic mass is 10.4. The molecule has 0 spiro atoms. The van der Waals surface area contributed by atoms with E-state index in [0.717, 1.165) is 0 Å². The van der Waals surface area contributed by atoms with Crippen molar-refractivity contribution in [2.45, 2.75) is 17.2 Å². The van der Waals surface area contributed by atoms with Crippen LogP contribution in [-0.4, -0.2) is 33.4 Å². The van der Waals surface area contributed by atoms with Crippen LogP contribution in [0.2, 0.25) is 0 Å². The number of hydrogen-bond donors (Lipinski definition) is 1. The first-order chi connectivity index (χ1) is 7.58. The van der Waals surface area contributed by atoms with Crippen molar-refractivity contribution in [3.8, 4) is 0 Å². The Hall–Kier alpha value is -1.41. The summed E-state index contributed by atoms with van der Waals surface area (Å²) in [5.74, 6) is 0.0610. The van der Waals surface area contributed by atoms with Gasteiger partial charge in [0.25, 0.3) is 0 Å². The van der Waals surface area contributed by atoms with Crippen LogP contribution in [0, 0.1) is 17.0 Å². The third kappa shape index (κ3) is 2.07. The summed E-state index contributed by atoms with van der Waals surface area (Å²) in [6.07, 6.45) is 0. The number of thioether (sulfide) groups is 1. The standard InChI is InChI=1S/C8H10N4O3S/c1-4-6(12(13)14)7(11-8(9)10-4)16-5-2-15-3-5/h5H,2-3H2,1H3,(H2,9,10,11). The Labute approximate surface area is 95.6 Å². The normalized spacial score (nSPS) is 15.8. The van der Waals surface area contributed by atoms with Crippen LogP contribution in [0.1, 0.15) is 5.69 Å². The van der Waals surface area contributed by atoms with E-state index in [-0.39, 0.29) is 16.9 Å². The van der Waals surface area contributed by atoms with Gasteiger partial charge in [-0.1, -0.05) is 11.8 Å². The maximum absolute atomic E-state index is 10.9. The lowest BCUT2D eigenvalue weighted by Crippen LogP contribution is -2.30. The SMILES string of the molecule is Cc1nc(N)nc(SC2COC2)c1[N+](=O)[O-]. The minimum absolute atomic E-state index is 0.0610. The average molecular weight is 242 g/mol. The van der Waals surface area contributed by atoms with Gasteiger partial charge in [-0.15, -0.1) is 0 Å². The molecule has 0 unspecified atom stereocenters. The van der Waals surface area contributed by atoms with Crippen molar-refractivity contribution in [3.63, 3.8) is 0 Å². The second kappa shape index (κ2) is 4.22. The van der Waals surface area contributed by atoms with Crippen LogP contribution in [0.5, 0.6) is 0 Å². The van der Waals surface area contributed by atoms with Gasteiger partial charge in [0.15, 0.2) is 5.03 Å². The molecule has 7 nitrogen and oxygen atoms in total. The van der Waals surface area contributed by atoms with E-state index >= 15 is 0 Å². The molecule has 0 radical (unpaired) electrons. The van der Waals surface area contributed by atoms with Crippen molar-refractivity contribution in [1.82, 2.24) is 9.97 Å². The van der Waals surface area contributed by atoms with Crippen LogP contribution in [0.4, 0.5) is 11.6 Å². The summed E-state index contributed by atoms with van der Waals surface area (Å²) < 4.78 is 5.00. The van der Waals surface area contributed by atoms with Crippen molar-refractivity contribution < 1.29 is 9.66 Å². The summed E-state index contributed by atoms with van der Waals surface area (Å²) >= 11 is 1.32. The number of nitrogens with two attached hydrogens (primary N) is 1. The van der Waals surface area contributed by atoms with Gasteiger partial charge >= 0.3 is 5.69 Å². The van der Waals surface area contributed by atoms with Crippen LogP contribution < -0.4 is 5.73 Å². The van der Waals surface area contributed by atoms with Gasteiger partial charge in [0.2, 0.25) is 5.95 Å². The Morgan fingerprint density at radius 3 is 2.75 bits per heavy atom. The molecule has 0 aliphatic carbocycles. The molecule has 86 valence electrons. The minimum Gasteiger partial charge on any atom is -0.379 e. The highest BCUT2D eigenvalue weighted by Crippen LogP contribution is 2.34. The molecule has 2 heterocycles. The Balaban J connectivity index is 2.35. The predicted octanol–water partition coefficient (Wildman–Crippen LogP) is 0.766. The summed E-state index contributed by atoms with van der Waals surface area (Å²) in [6, 6.07) is 0. The van der Waals surface area contributed by atoms with E-state index in [4.69, 9.17) is 10.5 Å². The number of nitrogen functional groups attached to an aromatic ring is 1. The summed E-state index contributed by atoms with van der Waals surface area (Å²) in [5, 5.41) is 11.4. The van der Waals surface area contributed by atoms with E-state index in [1.165, 1.54) is 11.8 Å². The topological polar surface area (TPSA) is 104 Å². The number of ether oxygens (including phenoxy) is 1. The van der Waals surface area contributed by atoms with Crippen LogP contribution >= 0.6 is 11.8 Å². The molecule has 0 bridgehead atoms. The van der Waals surface area contributed by atoms with Crippen molar-refractivity contribution in [2.75, 3.05) is 18.9 Å². The number of anilines is 1. The molecule has 0 saturated carbocycles. The number of aryl methyl sites for hydroxylation is 1. The fourth-order valence-electron chi connectivity index (χ4n) is 1.29. The Bertz CT molecular complexity index is 436. The summed E-state index contributed by atoms with van der Waals surface area (Å²) in [5.41, 5.74) is 5.70. The molecule has 0 atom stereocenters. The Morgan fingerprint density at radius 2 is 2.25 bits per heavy atom. The quantitative estimate of drug-likeness (QED) is 0.474. The molecule has 2 rings (SSSR count). The molecule has 1 fully saturated rings. The second-order valence-corrected chi connectivity index (χ2v) is 4.64. The van der Waals surface area contributed by atoms with Crippen LogP contribution in [0.15, 0.2) is 5.03 Å². The Kier molecular flexibility index (Phi) is 2.92. The monoisotopic (exact) mass is 242 g/mol. The lowest BCUT2D eigenvalue weighted by Gasteiger charge is -2.24. The largest absolute Gasteiger partial charge is 0.379 e. The summed E-state index contributed by atoms with van der Waals surface area (Å²) in [7, 11) is 0. The lowest BCUT2D eigenvalue weighted by molar-refractivity contribution is -0.389. The van der Waals surface area contributed by atoms with Crippen LogP contribution in [0.3, 0.4) is 0 Å². The van der Waals surface area contributed by atoms with E-state index < -0.39 is 4.92 Å². The third-order valence-electron chi connectivity index (χ3n) is 2.11. The highest BCUT2D eigenvalue weighted by molar-refractivity contribution is 8.00. The smallest absolute Gasteiger partial charge is 0.322 e. The first-order valence-electron chi connectivity index (χ1n) is 4.61. The van der Waals surface area contributed by atoms with Gasteiger partial charge in [0.05, 0.1) is 23.4 Å². The molecule has 2 N–H and O–H groups in total. The molecule has 1 saturated heterocycles. The van der Waals surface area contributed by atoms with Gasteiger partial charge in [-0.3, -0.25) is 10.1 Å². The van der Waals surface area contributed by atoms with E-state index in [1.807, 2.05) is 0 Å². The van der Waals surface area contributed by atoms with Gasteiger partial charge in [0.1, 0.15) is 5.69 Å². The molecule has 0 aromatic carbocycles. The molecule has 1 aromatic rings. The van der Waals surface area contributed by atoms with Crippen LogP contribution in [-0.2, 0) is 4.74 Å². The fourth-order valence-corrected chi connectivity index (χ4v) is 2.42. The number of hydrogen-bond acceptors (Lipinski definition) is 7. The molecular weight excluding hydrogens is 232 g/mol. The summed E-state index contributed by atoms with van der Waals surface area (Å²) in [6.45, 7) is 2.73. The van der Waals surface area contributed by atoms with Crippen molar-refractivity contribution in [1.29, 1.82) is 0 Å². The molecule has 1 aliphatic heterocycles. The van der Waals surface area contributed by atoms with Gasteiger partial charge in [0, 0.05) is 0 Å². The Morgan fingerprint density at radius 1 is 1.56 bits per heavy atom. The van der Waals surface area contributed by atoms with Crippen molar-refractivity contribution in [3.05, 3.63) is 15.8 Å². The molecule has 16 heavy (non-hydrogen) atoms. The third-order valence-corrected chi connectivity index (χ3v) is 3.23. The first-order valence-corrected chi connectivity index (χ1v) is 5.49. The van der Waals surface area contributed by atoms with Gasteiger partial charge in [-0.25, -0.2) is 4.98 Å². The molecular formula is C8H10N4O3S. The number of nitrogens with zero attached hydrogens (tertiary/aromatic N) is 3. The zero-order valence-corrected chi connectivity index (χ0v) is 9.36. The highest BCUT2D eigenvalue weighted by Gasteiger charge is 2.28. The first kappa shape index (κ1) is 11.1.